The molecule has 0 aliphatic carbocycles. The zero-order chi connectivity index (χ0) is 9.68. The third kappa shape index (κ3) is 2.60. The number of nitrogens with one attached hydrogen (secondary N) is 1. The van der Waals surface area contributed by atoms with Gasteiger partial charge in [-0.1, -0.05) is 41.9 Å². The van der Waals surface area contributed by atoms with E-state index >= 15 is 0 Å². The van der Waals surface area contributed by atoms with Gasteiger partial charge in [-0.2, -0.15) is 0 Å². The summed E-state index contributed by atoms with van der Waals surface area (Å²) in [6.45, 7) is 0. The molecule has 0 aliphatic heterocycles. The topological polar surface area (TPSA) is 29.1 Å². The highest BCUT2D eigenvalue weighted by Crippen LogP contribution is 2.10. The summed E-state index contributed by atoms with van der Waals surface area (Å²) in [4.78, 5) is 11.5. The number of allylic oxidation sites excluding steroid dienone is 1. The number of carbonyl (C=O) groups is 1. The molecule has 0 radical (unpaired) electrons. The molecule has 3 heteroatoms. The Hall–Kier alpha value is -1.28. The van der Waals surface area contributed by atoms with E-state index in [-0.39, 0.29) is 10.8 Å². The summed E-state index contributed by atoms with van der Waals surface area (Å²) in [6, 6.07) is 8.92. The molecule has 0 atom stereocenters. The van der Waals surface area contributed by atoms with Crippen LogP contribution < -0.4 is 5.32 Å². The maximum absolute atomic E-state index is 11.5. The monoisotopic (exact) mass is 195 g/mol. The quantitative estimate of drug-likeness (QED) is 0.592. The molecular formula is C10H10ClNO. The predicted molar refractivity (Wildman–Crippen MR) is 53.8 cm³/mol. The van der Waals surface area contributed by atoms with Crippen molar-refractivity contribution in [3.8, 4) is 0 Å². The third-order valence-corrected chi connectivity index (χ3v) is 1.80. The molecule has 0 fully saturated rings. The lowest BCUT2D eigenvalue weighted by molar-refractivity contribution is 0.104. The summed E-state index contributed by atoms with van der Waals surface area (Å²) in [5.74, 6) is -0.170. The van der Waals surface area contributed by atoms with Crippen LogP contribution in [-0.2, 0) is 0 Å². The van der Waals surface area contributed by atoms with Gasteiger partial charge >= 0.3 is 0 Å². The number of rotatable bonds is 3. The Morgan fingerprint density at radius 2 is 2.00 bits per heavy atom. The van der Waals surface area contributed by atoms with Gasteiger partial charge in [0.25, 0.3) is 0 Å². The minimum Gasteiger partial charge on any atom is -0.393 e. The number of hydrogen-bond donors (Lipinski definition) is 1. The lowest BCUT2D eigenvalue weighted by Crippen LogP contribution is -2.03. The van der Waals surface area contributed by atoms with Gasteiger partial charge in [-0.3, -0.25) is 4.79 Å². The van der Waals surface area contributed by atoms with Gasteiger partial charge in [-0.25, -0.2) is 0 Å². The van der Waals surface area contributed by atoms with Crippen LogP contribution in [-0.4, -0.2) is 12.8 Å². The zero-order valence-electron chi connectivity index (χ0n) is 7.25. The van der Waals surface area contributed by atoms with E-state index in [0.29, 0.717) is 5.56 Å². The molecule has 1 aromatic carbocycles. The summed E-state index contributed by atoms with van der Waals surface area (Å²) < 4.78 is 0. The van der Waals surface area contributed by atoms with Crippen LogP contribution in [0.25, 0.3) is 0 Å². The van der Waals surface area contributed by atoms with E-state index in [1.165, 1.54) is 6.20 Å². The number of halogens is 1. The first-order valence-electron chi connectivity index (χ1n) is 3.88. The Balaban J connectivity index is 2.86. The Morgan fingerprint density at radius 3 is 2.54 bits per heavy atom. The first kappa shape index (κ1) is 9.81. The molecule has 1 rings (SSSR count). The highest BCUT2D eigenvalue weighted by molar-refractivity contribution is 6.45. The molecule has 2 nitrogen and oxygen atoms in total. The molecule has 0 aliphatic rings. The van der Waals surface area contributed by atoms with E-state index in [2.05, 4.69) is 5.32 Å². The van der Waals surface area contributed by atoms with Crippen molar-refractivity contribution in [3.05, 3.63) is 47.1 Å². The normalized spacial score (nSPS) is 11.1. The van der Waals surface area contributed by atoms with Crippen LogP contribution in [0.5, 0.6) is 0 Å². The van der Waals surface area contributed by atoms with E-state index in [4.69, 9.17) is 11.6 Å². The Morgan fingerprint density at radius 1 is 1.38 bits per heavy atom. The molecule has 0 aromatic heterocycles. The number of benzene rings is 1. The van der Waals surface area contributed by atoms with Crippen LogP contribution in [0.15, 0.2) is 41.6 Å². The smallest absolute Gasteiger partial charge is 0.205 e. The fraction of sp³-hybridized carbons (Fsp3) is 0.100. The van der Waals surface area contributed by atoms with Crippen LogP contribution in [0.3, 0.4) is 0 Å². The van der Waals surface area contributed by atoms with Crippen molar-refractivity contribution in [1.29, 1.82) is 0 Å². The summed E-state index contributed by atoms with van der Waals surface area (Å²) >= 11 is 5.72. The van der Waals surface area contributed by atoms with E-state index in [9.17, 15) is 4.79 Å². The van der Waals surface area contributed by atoms with Gasteiger partial charge in [0.05, 0.1) is 0 Å². The Bertz CT molecular complexity index is 319. The molecule has 1 aromatic rings. The van der Waals surface area contributed by atoms with Gasteiger partial charge in [-0.15, -0.1) is 0 Å². The van der Waals surface area contributed by atoms with Gasteiger partial charge in [0, 0.05) is 18.8 Å². The molecule has 0 saturated heterocycles. The lowest BCUT2D eigenvalue weighted by Gasteiger charge is -1.98. The highest BCUT2D eigenvalue weighted by Gasteiger charge is 2.07. The van der Waals surface area contributed by atoms with Crippen molar-refractivity contribution in [2.75, 3.05) is 7.05 Å². The second-order valence-electron chi connectivity index (χ2n) is 2.48. The van der Waals surface area contributed by atoms with Crippen molar-refractivity contribution < 1.29 is 4.79 Å². The first-order valence-corrected chi connectivity index (χ1v) is 4.26. The fourth-order valence-corrected chi connectivity index (χ4v) is 1.14. The van der Waals surface area contributed by atoms with E-state index in [1.54, 1.807) is 31.3 Å². The summed E-state index contributed by atoms with van der Waals surface area (Å²) in [6.07, 6.45) is 1.47. The number of ketones is 1. The van der Waals surface area contributed by atoms with Gasteiger partial charge < -0.3 is 5.32 Å². The van der Waals surface area contributed by atoms with Crippen LogP contribution in [0.1, 0.15) is 10.4 Å². The van der Waals surface area contributed by atoms with E-state index in [1.807, 2.05) is 6.07 Å². The van der Waals surface area contributed by atoms with Crippen LogP contribution >= 0.6 is 11.6 Å². The standard InChI is InChI=1S/C10H10ClNO/c1-12-7-9(11)10(13)8-5-3-2-4-6-8/h2-7,12H,1H3/b9-7+. The van der Waals surface area contributed by atoms with Crippen molar-refractivity contribution in [1.82, 2.24) is 5.32 Å². The Kier molecular flexibility index (Phi) is 3.53. The average Bonchev–Trinajstić information content (AvgIpc) is 2.18. The molecule has 0 bridgehead atoms. The van der Waals surface area contributed by atoms with Crippen molar-refractivity contribution in [2.24, 2.45) is 0 Å². The summed E-state index contributed by atoms with van der Waals surface area (Å²) in [5.41, 5.74) is 0.596. The first-order chi connectivity index (χ1) is 6.25. The number of carbonyl (C=O) groups excluding carboxylic acids is 1. The molecule has 0 unspecified atom stereocenters. The van der Waals surface area contributed by atoms with Crippen LogP contribution in [0, 0.1) is 0 Å². The van der Waals surface area contributed by atoms with Crippen LogP contribution in [0.2, 0.25) is 0 Å². The summed E-state index contributed by atoms with van der Waals surface area (Å²) in [5, 5.41) is 2.89. The molecule has 0 amide bonds. The fourth-order valence-electron chi connectivity index (χ4n) is 0.920. The maximum atomic E-state index is 11.5. The largest absolute Gasteiger partial charge is 0.393 e. The van der Waals surface area contributed by atoms with Crippen molar-refractivity contribution in [2.45, 2.75) is 0 Å². The maximum Gasteiger partial charge on any atom is 0.205 e. The van der Waals surface area contributed by atoms with E-state index < -0.39 is 0 Å². The van der Waals surface area contributed by atoms with Gasteiger partial charge in [0.1, 0.15) is 5.03 Å². The van der Waals surface area contributed by atoms with Crippen molar-refractivity contribution >= 4 is 17.4 Å². The Labute approximate surface area is 82.2 Å². The minimum absolute atomic E-state index is 0.170. The second-order valence-corrected chi connectivity index (χ2v) is 2.88. The molecule has 1 N–H and O–H groups in total. The second kappa shape index (κ2) is 4.67. The molecule has 0 saturated carbocycles. The predicted octanol–water partition coefficient (Wildman–Crippen LogP) is 2.17. The SMILES string of the molecule is CN/C=C(/Cl)C(=O)c1ccccc1. The van der Waals surface area contributed by atoms with E-state index in [0.717, 1.165) is 0 Å². The molecular weight excluding hydrogens is 186 g/mol. The average molecular weight is 196 g/mol. The lowest BCUT2D eigenvalue weighted by atomic mass is 10.1. The molecule has 68 valence electrons. The third-order valence-electron chi connectivity index (χ3n) is 1.52. The highest BCUT2D eigenvalue weighted by atomic mass is 35.5. The zero-order valence-corrected chi connectivity index (χ0v) is 8.01. The number of Topliss-reactive ketones (excluding diaryl/α,β-unsaturated/α-hetero) is 1. The van der Waals surface area contributed by atoms with Crippen molar-refractivity contribution in [3.63, 3.8) is 0 Å². The van der Waals surface area contributed by atoms with Crippen LogP contribution in [0.4, 0.5) is 0 Å². The minimum atomic E-state index is -0.170. The van der Waals surface area contributed by atoms with Gasteiger partial charge in [0.15, 0.2) is 0 Å². The molecule has 0 spiro atoms. The molecule has 0 heterocycles. The number of hydrogen-bond acceptors (Lipinski definition) is 2. The van der Waals surface area contributed by atoms with Gasteiger partial charge in [0.2, 0.25) is 5.78 Å². The summed E-state index contributed by atoms with van der Waals surface area (Å²) in [7, 11) is 1.70. The molecule has 13 heavy (non-hydrogen) atoms. The van der Waals surface area contributed by atoms with Gasteiger partial charge in [-0.05, 0) is 0 Å².